The molecule has 1 N–H and O–H groups in total. The number of likely N-dealkylation sites (N-methyl/N-ethyl adjacent to an activating group) is 1. The minimum atomic E-state index is -0.252. The van der Waals surface area contributed by atoms with Gasteiger partial charge in [0.1, 0.15) is 5.75 Å². The predicted octanol–water partition coefficient (Wildman–Crippen LogP) is 3.81. The molecule has 0 bridgehead atoms. The van der Waals surface area contributed by atoms with Gasteiger partial charge in [-0.15, -0.1) is 0 Å². The van der Waals surface area contributed by atoms with Gasteiger partial charge >= 0.3 is 0 Å². The van der Waals surface area contributed by atoms with Crippen LogP contribution in [-0.4, -0.2) is 36.9 Å². The summed E-state index contributed by atoms with van der Waals surface area (Å²) in [6, 6.07) is 13.2. The summed E-state index contributed by atoms with van der Waals surface area (Å²) < 4.78 is 5.54. The van der Waals surface area contributed by atoms with E-state index in [1.54, 1.807) is 13.1 Å². The maximum atomic E-state index is 12.3. The zero-order valence-corrected chi connectivity index (χ0v) is 16.3. The summed E-state index contributed by atoms with van der Waals surface area (Å²) in [5.74, 6) is 0.236. The lowest BCUT2D eigenvalue weighted by Gasteiger charge is -2.16. The molecule has 0 radical (unpaired) electrons. The highest BCUT2D eigenvalue weighted by molar-refractivity contribution is 5.98. The van der Waals surface area contributed by atoms with Crippen LogP contribution in [-0.2, 0) is 9.59 Å². The molecule has 5 nitrogen and oxygen atoms in total. The van der Waals surface area contributed by atoms with Crippen molar-refractivity contribution in [3.63, 3.8) is 0 Å². The molecule has 0 aliphatic rings. The van der Waals surface area contributed by atoms with Gasteiger partial charge in [-0.2, -0.15) is 0 Å². The first-order valence-corrected chi connectivity index (χ1v) is 8.93. The molecule has 0 saturated carbocycles. The van der Waals surface area contributed by atoms with Crippen LogP contribution >= 0.6 is 0 Å². The first-order valence-electron chi connectivity index (χ1n) is 8.93. The molecule has 0 fully saturated rings. The Morgan fingerprint density at radius 3 is 2.59 bits per heavy atom. The highest BCUT2D eigenvalue weighted by Crippen LogP contribution is 2.20. The minimum Gasteiger partial charge on any atom is -0.493 e. The minimum absolute atomic E-state index is 0.0241. The summed E-state index contributed by atoms with van der Waals surface area (Å²) in [6.45, 7) is 6.39. The quantitative estimate of drug-likeness (QED) is 0.758. The standard InChI is InChI=1S/C22H26N2O3/c1-5-27-20-12-7-6-10-18(20)13-14-22(26)24(4)15-21(25)23-19-11-8-9-16(2)17(19)3/h6-14H,5,15H2,1-4H3,(H,23,25)/b14-13+. The first kappa shape index (κ1) is 20.2. The number of benzene rings is 2. The van der Waals surface area contributed by atoms with Crippen LogP contribution in [0.1, 0.15) is 23.6 Å². The maximum Gasteiger partial charge on any atom is 0.246 e. The molecule has 0 aliphatic carbocycles. The van der Waals surface area contributed by atoms with Gasteiger partial charge in [0.05, 0.1) is 13.2 Å². The number of rotatable bonds is 7. The molecule has 0 spiro atoms. The molecule has 5 heteroatoms. The number of amides is 2. The van der Waals surface area contributed by atoms with Crippen molar-refractivity contribution in [3.05, 3.63) is 65.2 Å². The van der Waals surface area contributed by atoms with Gasteiger partial charge in [-0.25, -0.2) is 0 Å². The van der Waals surface area contributed by atoms with E-state index in [1.165, 1.54) is 11.0 Å². The van der Waals surface area contributed by atoms with E-state index < -0.39 is 0 Å². The molecule has 0 aliphatic heterocycles. The molecule has 142 valence electrons. The Bertz CT molecular complexity index is 843. The molecular formula is C22H26N2O3. The number of hydrogen-bond donors (Lipinski definition) is 1. The van der Waals surface area contributed by atoms with Crippen LogP contribution in [0.2, 0.25) is 0 Å². The van der Waals surface area contributed by atoms with Gasteiger partial charge in [-0.3, -0.25) is 9.59 Å². The third kappa shape index (κ3) is 5.71. The van der Waals surface area contributed by atoms with Gasteiger partial charge in [0.25, 0.3) is 0 Å². The molecule has 0 saturated heterocycles. The molecule has 0 atom stereocenters. The largest absolute Gasteiger partial charge is 0.493 e. The van der Waals surface area contributed by atoms with E-state index in [4.69, 9.17) is 4.74 Å². The number of hydrogen-bond acceptors (Lipinski definition) is 3. The number of carbonyl (C=O) groups excluding carboxylic acids is 2. The lowest BCUT2D eigenvalue weighted by atomic mass is 10.1. The van der Waals surface area contributed by atoms with Crippen molar-refractivity contribution < 1.29 is 14.3 Å². The van der Waals surface area contributed by atoms with Crippen LogP contribution in [0.25, 0.3) is 6.08 Å². The topological polar surface area (TPSA) is 58.6 Å². The SMILES string of the molecule is CCOc1ccccc1/C=C/C(=O)N(C)CC(=O)Nc1cccc(C)c1C. The van der Waals surface area contributed by atoms with Crippen LogP contribution in [0.4, 0.5) is 5.69 Å². The van der Waals surface area contributed by atoms with E-state index in [9.17, 15) is 9.59 Å². The second-order valence-corrected chi connectivity index (χ2v) is 6.29. The highest BCUT2D eigenvalue weighted by atomic mass is 16.5. The Hall–Kier alpha value is -3.08. The van der Waals surface area contributed by atoms with E-state index in [1.807, 2.05) is 63.2 Å². The molecule has 2 amide bonds. The number of aryl methyl sites for hydroxylation is 1. The summed E-state index contributed by atoms with van der Waals surface area (Å²) in [6.07, 6.45) is 3.15. The van der Waals surface area contributed by atoms with Crippen molar-refractivity contribution in [3.8, 4) is 5.75 Å². The Morgan fingerprint density at radius 2 is 1.85 bits per heavy atom. The number of anilines is 1. The zero-order valence-electron chi connectivity index (χ0n) is 16.3. The average molecular weight is 366 g/mol. The first-order chi connectivity index (χ1) is 12.9. The molecule has 27 heavy (non-hydrogen) atoms. The summed E-state index contributed by atoms with van der Waals surface area (Å²) in [5.41, 5.74) is 3.71. The van der Waals surface area contributed by atoms with Crippen LogP contribution in [0.5, 0.6) is 5.75 Å². The van der Waals surface area contributed by atoms with Crippen molar-refractivity contribution in [2.24, 2.45) is 0 Å². The predicted molar refractivity (Wildman–Crippen MR) is 109 cm³/mol. The third-order valence-corrected chi connectivity index (χ3v) is 4.26. The fourth-order valence-corrected chi connectivity index (χ4v) is 2.56. The Morgan fingerprint density at radius 1 is 1.11 bits per heavy atom. The normalized spacial score (nSPS) is 10.7. The van der Waals surface area contributed by atoms with Gasteiger partial charge in [-0.1, -0.05) is 30.3 Å². The number of ether oxygens (including phenoxy) is 1. The Balaban J connectivity index is 1.97. The van der Waals surface area contributed by atoms with Crippen molar-refractivity contribution in [1.29, 1.82) is 0 Å². The van der Waals surface area contributed by atoms with E-state index in [0.29, 0.717) is 6.61 Å². The second-order valence-electron chi connectivity index (χ2n) is 6.29. The van der Waals surface area contributed by atoms with Crippen molar-refractivity contribution in [1.82, 2.24) is 4.90 Å². The van der Waals surface area contributed by atoms with Gasteiger partial charge in [0.2, 0.25) is 11.8 Å². The van der Waals surface area contributed by atoms with Crippen LogP contribution < -0.4 is 10.1 Å². The van der Waals surface area contributed by atoms with Crippen molar-refractivity contribution >= 4 is 23.6 Å². The van der Waals surface area contributed by atoms with Gasteiger partial charge in [0, 0.05) is 24.4 Å². The molecule has 0 aromatic heterocycles. The van der Waals surface area contributed by atoms with Crippen molar-refractivity contribution in [2.45, 2.75) is 20.8 Å². The second kappa shape index (κ2) is 9.57. The van der Waals surface area contributed by atoms with Gasteiger partial charge in [-0.05, 0) is 50.1 Å². The molecule has 2 rings (SSSR count). The molecule has 0 heterocycles. The Labute approximate surface area is 160 Å². The van der Waals surface area contributed by atoms with Crippen LogP contribution in [0.3, 0.4) is 0 Å². The average Bonchev–Trinajstić information content (AvgIpc) is 2.64. The van der Waals surface area contributed by atoms with Crippen LogP contribution in [0, 0.1) is 13.8 Å². The number of nitrogens with one attached hydrogen (secondary N) is 1. The molecular weight excluding hydrogens is 340 g/mol. The smallest absolute Gasteiger partial charge is 0.246 e. The molecule has 2 aromatic rings. The molecule has 0 unspecified atom stereocenters. The van der Waals surface area contributed by atoms with E-state index >= 15 is 0 Å². The zero-order chi connectivity index (χ0) is 19.8. The van der Waals surface area contributed by atoms with Gasteiger partial charge < -0.3 is 15.0 Å². The summed E-state index contributed by atoms with van der Waals surface area (Å²) in [5, 5.41) is 2.86. The highest BCUT2D eigenvalue weighted by Gasteiger charge is 2.12. The maximum absolute atomic E-state index is 12.3. The summed E-state index contributed by atoms with van der Waals surface area (Å²) >= 11 is 0. The fourth-order valence-electron chi connectivity index (χ4n) is 2.56. The monoisotopic (exact) mass is 366 g/mol. The lowest BCUT2D eigenvalue weighted by Crippen LogP contribution is -2.34. The molecule has 2 aromatic carbocycles. The number of nitrogens with zero attached hydrogens (tertiary/aromatic N) is 1. The van der Waals surface area contributed by atoms with E-state index in [2.05, 4.69) is 5.32 Å². The third-order valence-electron chi connectivity index (χ3n) is 4.26. The van der Waals surface area contributed by atoms with Crippen LogP contribution in [0.15, 0.2) is 48.5 Å². The van der Waals surface area contributed by atoms with Gasteiger partial charge in [0.15, 0.2) is 0 Å². The van der Waals surface area contributed by atoms with Crippen molar-refractivity contribution in [2.75, 3.05) is 25.5 Å². The summed E-state index contributed by atoms with van der Waals surface area (Å²) in [4.78, 5) is 25.9. The number of para-hydroxylation sites is 1. The van der Waals surface area contributed by atoms with E-state index in [0.717, 1.165) is 28.1 Å². The summed E-state index contributed by atoms with van der Waals surface area (Å²) in [7, 11) is 1.60. The lowest BCUT2D eigenvalue weighted by molar-refractivity contribution is -0.129. The van der Waals surface area contributed by atoms with E-state index in [-0.39, 0.29) is 18.4 Å². The fraction of sp³-hybridized carbons (Fsp3) is 0.273. The Kier molecular flexibility index (Phi) is 7.17. The number of carbonyl (C=O) groups is 2.